The molecular weight excluding hydrogens is 408 g/mol. The highest BCUT2D eigenvalue weighted by atomic mass is 16.1. The number of amides is 1. The molecule has 0 atom stereocenters. The van der Waals surface area contributed by atoms with E-state index in [1.807, 2.05) is 73.2 Å². The first-order chi connectivity index (χ1) is 16.2. The lowest BCUT2D eigenvalue weighted by Gasteiger charge is -2.37. The molecule has 5 heteroatoms. The molecule has 0 unspecified atom stereocenters. The molecule has 160 valence electrons. The van der Waals surface area contributed by atoms with Crippen molar-refractivity contribution in [2.45, 2.75) is 5.54 Å². The van der Waals surface area contributed by atoms with E-state index in [9.17, 15) is 4.79 Å². The number of rotatable bonds is 6. The number of hydrogen-bond acceptors (Lipinski definition) is 3. The molecule has 0 aliphatic heterocycles. The summed E-state index contributed by atoms with van der Waals surface area (Å²) >= 11 is 0. The number of carbonyl (C=O) groups is 1. The zero-order valence-corrected chi connectivity index (χ0v) is 17.9. The normalized spacial score (nSPS) is 11.3. The summed E-state index contributed by atoms with van der Waals surface area (Å²) in [4.78, 5) is 20.7. The lowest BCUT2D eigenvalue weighted by atomic mass is 9.77. The fraction of sp³-hybridized carbons (Fsp3) is 0.0357. The molecule has 2 N–H and O–H groups in total. The van der Waals surface area contributed by atoms with E-state index in [0.717, 1.165) is 16.7 Å². The van der Waals surface area contributed by atoms with Gasteiger partial charge in [-0.05, 0) is 28.8 Å². The monoisotopic (exact) mass is 430 g/mol. The Balaban J connectivity index is 1.78. The molecule has 0 saturated carbocycles. The van der Waals surface area contributed by atoms with Crippen molar-refractivity contribution in [3.63, 3.8) is 0 Å². The molecule has 33 heavy (non-hydrogen) atoms. The van der Waals surface area contributed by atoms with E-state index < -0.39 is 11.4 Å². The van der Waals surface area contributed by atoms with E-state index in [1.54, 1.807) is 12.1 Å². The molecule has 3 aromatic carbocycles. The van der Waals surface area contributed by atoms with Crippen molar-refractivity contribution >= 4 is 5.91 Å². The van der Waals surface area contributed by atoms with E-state index in [-0.39, 0.29) is 5.69 Å². The number of pyridine rings is 1. The number of carbonyl (C=O) groups excluding carboxylic acids is 1. The van der Waals surface area contributed by atoms with Gasteiger partial charge in [0.1, 0.15) is 16.9 Å². The molecule has 5 nitrogen and oxygen atoms in total. The number of imidazole rings is 1. The summed E-state index contributed by atoms with van der Waals surface area (Å²) in [6.07, 6.45) is 3.79. The van der Waals surface area contributed by atoms with Gasteiger partial charge in [-0.1, -0.05) is 97.1 Å². The van der Waals surface area contributed by atoms with Crippen LogP contribution in [0.4, 0.5) is 0 Å². The molecule has 0 radical (unpaired) electrons. The maximum Gasteiger partial charge on any atom is 0.267 e. The van der Waals surface area contributed by atoms with Gasteiger partial charge >= 0.3 is 0 Å². The average Bonchev–Trinajstić information content (AvgIpc) is 3.37. The van der Waals surface area contributed by atoms with Crippen molar-refractivity contribution in [3.8, 4) is 11.4 Å². The number of nitrogens with two attached hydrogens (primary N) is 1. The number of nitrogens with zero attached hydrogens (tertiary/aromatic N) is 3. The van der Waals surface area contributed by atoms with Gasteiger partial charge in [-0.15, -0.1) is 0 Å². The molecule has 1 amide bonds. The van der Waals surface area contributed by atoms with Crippen LogP contribution in [0.3, 0.4) is 0 Å². The van der Waals surface area contributed by atoms with Gasteiger partial charge in [-0.25, -0.2) is 9.97 Å². The van der Waals surface area contributed by atoms with Crippen molar-refractivity contribution in [3.05, 3.63) is 144 Å². The van der Waals surface area contributed by atoms with E-state index in [0.29, 0.717) is 11.4 Å². The maximum atomic E-state index is 11.6. The largest absolute Gasteiger partial charge is 0.364 e. The Hall–Kier alpha value is -4.51. The van der Waals surface area contributed by atoms with Crippen LogP contribution in [-0.4, -0.2) is 20.4 Å². The Kier molecular flexibility index (Phi) is 5.29. The van der Waals surface area contributed by atoms with E-state index in [1.165, 1.54) is 0 Å². The Morgan fingerprint density at radius 1 is 0.667 bits per heavy atom. The summed E-state index contributed by atoms with van der Waals surface area (Å²) in [5.41, 5.74) is 9.54. The van der Waals surface area contributed by atoms with Gasteiger partial charge < -0.3 is 10.3 Å². The van der Waals surface area contributed by atoms with Crippen LogP contribution in [0.1, 0.15) is 27.2 Å². The molecule has 0 fully saturated rings. The van der Waals surface area contributed by atoms with Crippen molar-refractivity contribution < 1.29 is 4.79 Å². The molecule has 0 aliphatic rings. The topological polar surface area (TPSA) is 73.8 Å². The molecule has 5 aromatic rings. The molecule has 0 bridgehead atoms. The lowest BCUT2D eigenvalue weighted by molar-refractivity contribution is 0.0995. The Bertz CT molecular complexity index is 1280. The fourth-order valence-electron chi connectivity index (χ4n) is 4.34. The van der Waals surface area contributed by atoms with Crippen molar-refractivity contribution in [1.29, 1.82) is 0 Å². The number of primary amides is 1. The van der Waals surface area contributed by atoms with Gasteiger partial charge in [0.05, 0.1) is 12.0 Å². The minimum Gasteiger partial charge on any atom is -0.364 e. The summed E-state index contributed by atoms with van der Waals surface area (Å²) in [6.45, 7) is 0. The zero-order valence-electron chi connectivity index (χ0n) is 17.9. The summed E-state index contributed by atoms with van der Waals surface area (Å²) in [6, 6.07) is 36.3. The van der Waals surface area contributed by atoms with Gasteiger partial charge in [0.2, 0.25) is 0 Å². The third kappa shape index (κ3) is 3.59. The van der Waals surface area contributed by atoms with Crippen LogP contribution in [0.25, 0.3) is 11.4 Å². The quantitative estimate of drug-likeness (QED) is 0.390. The van der Waals surface area contributed by atoms with Crippen LogP contribution in [0.2, 0.25) is 0 Å². The predicted molar refractivity (Wildman–Crippen MR) is 129 cm³/mol. The second-order valence-electron chi connectivity index (χ2n) is 7.75. The van der Waals surface area contributed by atoms with E-state index in [2.05, 4.69) is 50.9 Å². The van der Waals surface area contributed by atoms with Gasteiger partial charge in [0.15, 0.2) is 0 Å². The second kappa shape index (κ2) is 8.55. The molecule has 2 heterocycles. The van der Waals surface area contributed by atoms with Gasteiger partial charge in [-0.3, -0.25) is 4.79 Å². The van der Waals surface area contributed by atoms with Crippen LogP contribution < -0.4 is 5.73 Å². The molecule has 0 spiro atoms. The van der Waals surface area contributed by atoms with Crippen molar-refractivity contribution in [1.82, 2.24) is 14.5 Å². The van der Waals surface area contributed by atoms with E-state index >= 15 is 0 Å². The minimum atomic E-state index is -0.656. The Morgan fingerprint density at radius 2 is 1.18 bits per heavy atom. The summed E-state index contributed by atoms with van der Waals surface area (Å²) in [7, 11) is 0. The van der Waals surface area contributed by atoms with Gasteiger partial charge in [-0.2, -0.15) is 0 Å². The number of hydrogen-bond donors (Lipinski definition) is 1. The first kappa shape index (κ1) is 20.4. The molecule has 0 saturated heterocycles. The van der Waals surface area contributed by atoms with Crippen LogP contribution in [0, 0.1) is 0 Å². The number of aromatic nitrogens is 3. The second-order valence-corrected chi connectivity index (χ2v) is 7.75. The first-order valence-electron chi connectivity index (χ1n) is 10.7. The highest BCUT2D eigenvalue weighted by molar-refractivity contribution is 5.91. The summed E-state index contributed by atoms with van der Waals surface area (Å²) in [5.74, 6) is -0.566. The van der Waals surface area contributed by atoms with Crippen LogP contribution >= 0.6 is 0 Å². The molecular formula is C28H22N4O. The highest BCUT2D eigenvalue weighted by Crippen LogP contribution is 2.41. The minimum absolute atomic E-state index is 0.211. The summed E-state index contributed by atoms with van der Waals surface area (Å²) in [5, 5.41) is 0. The Morgan fingerprint density at radius 3 is 1.67 bits per heavy atom. The smallest absolute Gasteiger partial charge is 0.267 e. The lowest BCUT2D eigenvalue weighted by Crippen LogP contribution is -2.36. The zero-order chi connectivity index (χ0) is 22.7. The first-order valence-corrected chi connectivity index (χ1v) is 10.7. The van der Waals surface area contributed by atoms with Gasteiger partial charge in [0.25, 0.3) is 5.91 Å². The van der Waals surface area contributed by atoms with Crippen molar-refractivity contribution in [2.75, 3.05) is 0 Å². The van der Waals surface area contributed by atoms with Crippen LogP contribution in [0.5, 0.6) is 0 Å². The highest BCUT2D eigenvalue weighted by Gasteiger charge is 2.38. The standard InChI is InChI=1S/C28H22N4O/c29-27(33)25-18-10-17-24(31-25)26-19-32(20-30-26)28(21-11-4-1-5-12-21,22-13-6-2-7-14-22)23-15-8-3-9-16-23/h1-20H,(H2,29,33). The fourth-order valence-corrected chi connectivity index (χ4v) is 4.34. The third-order valence-electron chi connectivity index (χ3n) is 5.81. The third-order valence-corrected chi connectivity index (χ3v) is 5.81. The number of benzene rings is 3. The average molecular weight is 431 g/mol. The van der Waals surface area contributed by atoms with Gasteiger partial charge in [0, 0.05) is 6.20 Å². The van der Waals surface area contributed by atoms with Crippen molar-refractivity contribution in [2.24, 2.45) is 5.73 Å². The van der Waals surface area contributed by atoms with Crippen LogP contribution in [-0.2, 0) is 5.54 Å². The van der Waals surface area contributed by atoms with E-state index in [4.69, 9.17) is 5.73 Å². The SMILES string of the molecule is NC(=O)c1cccc(-c2cn(C(c3ccccc3)(c3ccccc3)c3ccccc3)cn2)n1. The predicted octanol–water partition coefficient (Wildman–Crippen LogP) is 4.88. The molecule has 5 rings (SSSR count). The maximum absolute atomic E-state index is 11.6. The van der Waals surface area contributed by atoms with Crippen LogP contribution in [0.15, 0.2) is 122 Å². The Labute approximate surface area is 192 Å². The molecule has 2 aromatic heterocycles. The molecule has 0 aliphatic carbocycles. The summed E-state index contributed by atoms with van der Waals surface area (Å²) < 4.78 is 2.11.